The number of pyridine rings is 2. The van der Waals surface area contributed by atoms with E-state index in [9.17, 15) is 0 Å². The molecule has 0 radical (unpaired) electrons. The summed E-state index contributed by atoms with van der Waals surface area (Å²) in [5.74, 6) is 0. The molecule has 8 nitrogen and oxygen atoms in total. The van der Waals surface area contributed by atoms with Crippen molar-refractivity contribution in [3.05, 3.63) is 60.2 Å². The molecule has 0 amide bonds. The van der Waals surface area contributed by atoms with Crippen LogP contribution < -0.4 is 10.9 Å². The van der Waals surface area contributed by atoms with Gasteiger partial charge in [-0.2, -0.15) is 10.2 Å². The van der Waals surface area contributed by atoms with Gasteiger partial charge in [0.2, 0.25) is 0 Å². The zero-order chi connectivity index (χ0) is 20.5. The van der Waals surface area contributed by atoms with Crippen LogP contribution in [0.4, 0.5) is 0 Å². The Morgan fingerprint density at radius 2 is 1.14 bits per heavy atom. The summed E-state index contributed by atoms with van der Waals surface area (Å²) in [6, 6.07) is 11.1. The zero-order valence-corrected chi connectivity index (χ0v) is 17.8. The van der Waals surface area contributed by atoms with Crippen LogP contribution in [0.5, 0.6) is 0 Å². The van der Waals surface area contributed by atoms with Gasteiger partial charge in [0.05, 0.1) is 11.4 Å². The van der Waals surface area contributed by atoms with E-state index in [1.165, 1.54) is 0 Å². The van der Waals surface area contributed by atoms with Gasteiger partial charge in [0.15, 0.2) is 10.2 Å². The number of hydrazone groups is 2. The maximum Gasteiger partial charge on any atom is 0.189 e. The van der Waals surface area contributed by atoms with Crippen LogP contribution in [0.15, 0.2) is 59.0 Å². The largest absolute Gasteiger partial charge is 0.354 e. The van der Waals surface area contributed by atoms with Gasteiger partial charge in [-0.25, -0.2) is 0 Å². The molecule has 0 fully saturated rings. The van der Waals surface area contributed by atoms with Crippen LogP contribution in [0.3, 0.4) is 0 Å². The fourth-order valence-electron chi connectivity index (χ4n) is 1.88. The van der Waals surface area contributed by atoms with Gasteiger partial charge in [0.25, 0.3) is 0 Å². The second kappa shape index (κ2) is 10.4. The Bertz CT molecular complexity index is 790. The Labute approximate surface area is 175 Å². The van der Waals surface area contributed by atoms with Crippen LogP contribution in [0.25, 0.3) is 0 Å². The Morgan fingerprint density at radius 1 is 0.750 bits per heavy atom. The van der Waals surface area contributed by atoms with Gasteiger partial charge >= 0.3 is 0 Å². The number of thiocarbonyl (C=S) groups is 2. The highest BCUT2D eigenvalue weighted by molar-refractivity contribution is 7.80. The fourth-order valence-corrected chi connectivity index (χ4v) is 1.97. The summed E-state index contributed by atoms with van der Waals surface area (Å²) < 4.78 is 0. The molecule has 2 heterocycles. The summed E-state index contributed by atoms with van der Waals surface area (Å²) in [6.45, 7) is 0. The van der Waals surface area contributed by atoms with E-state index in [4.69, 9.17) is 24.4 Å². The number of rotatable bonds is 5. The normalized spacial score (nSPS) is 11.6. The maximum atomic E-state index is 5.28. The molecule has 0 bridgehead atoms. The minimum Gasteiger partial charge on any atom is -0.354 e. The van der Waals surface area contributed by atoms with Gasteiger partial charge in [-0.15, -0.1) is 0 Å². The first-order valence-corrected chi connectivity index (χ1v) is 9.15. The minimum absolute atomic E-state index is 0.450. The Balaban J connectivity index is 2.54. The van der Waals surface area contributed by atoms with Gasteiger partial charge in [-0.05, 0) is 48.7 Å². The molecule has 0 aliphatic rings. The number of nitrogens with zero attached hydrogens (tertiary/aromatic N) is 6. The molecule has 0 aromatic carbocycles. The molecular formula is C18H22N8S2. The molecule has 28 heavy (non-hydrogen) atoms. The van der Waals surface area contributed by atoms with Gasteiger partial charge < -0.3 is 9.80 Å². The van der Waals surface area contributed by atoms with Crippen molar-refractivity contribution in [3.8, 4) is 0 Å². The second-order valence-corrected chi connectivity index (χ2v) is 6.75. The van der Waals surface area contributed by atoms with Crippen molar-refractivity contribution in [1.29, 1.82) is 0 Å². The van der Waals surface area contributed by atoms with Crippen molar-refractivity contribution in [2.75, 3.05) is 28.2 Å². The Morgan fingerprint density at radius 3 is 1.43 bits per heavy atom. The van der Waals surface area contributed by atoms with E-state index in [1.54, 1.807) is 22.2 Å². The van der Waals surface area contributed by atoms with Crippen LogP contribution in [0, 0.1) is 0 Å². The number of aromatic nitrogens is 2. The summed E-state index contributed by atoms with van der Waals surface area (Å²) in [5.41, 5.74) is 7.89. The lowest BCUT2D eigenvalue weighted by Gasteiger charge is -2.16. The standard InChI is InChI=1S/C18H22N8S2/c1-25(2)17(27)23-21-15(13-9-5-7-11-19-13)16(14-10-6-8-12-20-14)22-24-18(28)26(3)4/h5-12H,1-4H3,(H,23,27)(H,24,28)/b21-15-,22-16-. The third-order valence-electron chi connectivity index (χ3n) is 3.38. The van der Waals surface area contributed by atoms with Crippen molar-refractivity contribution in [2.24, 2.45) is 10.2 Å². The summed E-state index contributed by atoms with van der Waals surface area (Å²) in [7, 11) is 7.32. The van der Waals surface area contributed by atoms with Crippen molar-refractivity contribution >= 4 is 46.1 Å². The monoisotopic (exact) mass is 414 g/mol. The van der Waals surface area contributed by atoms with Crippen molar-refractivity contribution in [2.45, 2.75) is 0 Å². The average Bonchev–Trinajstić information content (AvgIpc) is 2.71. The van der Waals surface area contributed by atoms with Gasteiger partial charge in [-0.1, -0.05) is 12.1 Å². The van der Waals surface area contributed by atoms with E-state index in [2.05, 4.69) is 31.0 Å². The predicted octanol–water partition coefficient (Wildman–Crippen LogP) is 1.46. The molecular weight excluding hydrogens is 392 g/mol. The smallest absolute Gasteiger partial charge is 0.189 e. The van der Waals surface area contributed by atoms with Gasteiger partial charge in [-0.3, -0.25) is 20.8 Å². The first kappa shape index (κ1) is 21.3. The van der Waals surface area contributed by atoms with Gasteiger partial charge in [0, 0.05) is 40.6 Å². The van der Waals surface area contributed by atoms with Crippen molar-refractivity contribution < 1.29 is 0 Å². The molecule has 2 aromatic rings. The molecule has 0 aliphatic heterocycles. The molecule has 0 saturated heterocycles. The first-order chi connectivity index (χ1) is 13.4. The molecule has 10 heteroatoms. The van der Waals surface area contributed by atoms with E-state index >= 15 is 0 Å². The highest BCUT2D eigenvalue weighted by atomic mass is 32.1. The molecule has 2 N–H and O–H groups in total. The topological polar surface area (TPSA) is 81.0 Å². The summed E-state index contributed by atoms with van der Waals surface area (Å²) >= 11 is 10.6. The first-order valence-electron chi connectivity index (χ1n) is 8.33. The molecule has 146 valence electrons. The lowest BCUT2D eigenvalue weighted by molar-refractivity contribution is 0.605. The van der Waals surface area contributed by atoms with Crippen LogP contribution >= 0.6 is 24.4 Å². The minimum atomic E-state index is 0.450. The van der Waals surface area contributed by atoms with E-state index in [-0.39, 0.29) is 0 Å². The van der Waals surface area contributed by atoms with E-state index in [0.717, 1.165) is 0 Å². The predicted molar refractivity (Wildman–Crippen MR) is 120 cm³/mol. The Kier molecular flexibility index (Phi) is 7.90. The quantitative estimate of drug-likeness (QED) is 0.432. The van der Waals surface area contributed by atoms with Gasteiger partial charge in [0.1, 0.15) is 11.4 Å². The highest BCUT2D eigenvalue weighted by Crippen LogP contribution is 2.06. The third-order valence-corrected chi connectivity index (χ3v) is 4.29. The number of hydrogen-bond acceptors (Lipinski definition) is 6. The highest BCUT2D eigenvalue weighted by Gasteiger charge is 2.18. The lowest BCUT2D eigenvalue weighted by Crippen LogP contribution is -2.35. The summed E-state index contributed by atoms with van der Waals surface area (Å²) in [6.07, 6.45) is 3.37. The van der Waals surface area contributed by atoms with Crippen LogP contribution in [-0.4, -0.2) is 69.6 Å². The van der Waals surface area contributed by atoms with Crippen LogP contribution in [-0.2, 0) is 0 Å². The maximum absolute atomic E-state index is 5.28. The second-order valence-electron chi connectivity index (χ2n) is 5.97. The van der Waals surface area contributed by atoms with Crippen molar-refractivity contribution in [3.63, 3.8) is 0 Å². The van der Waals surface area contributed by atoms with Crippen LogP contribution in [0.2, 0.25) is 0 Å². The third kappa shape index (κ3) is 6.03. The molecule has 0 atom stereocenters. The zero-order valence-electron chi connectivity index (χ0n) is 16.1. The summed E-state index contributed by atoms with van der Waals surface area (Å²) in [4.78, 5) is 12.3. The molecule has 0 unspecified atom stereocenters. The van der Waals surface area contributed by atoms with E-state index in [1.807, 2.05) is 64.6 Å². The fraction of sp³-hybridized carbons (Fsp3) is 0.222. The van der Waals surface area contributed by atoms with E-state index < -0.39 is 0 Å². The SMILES string of the molecule is CN(C)C(=S)N/N=C(\C(=N/NC(=S)N(C)C)c1ccccn1)c1ccccn1. The van der Waals surface area contributed by atoms with Crippen molar-refractivity contribution in [1.82, 2.24) is 30.6 Å². The number of hydrogen-bond donors (Lipinski definition) is 2. The molecule has 0 spiro atoms. The molecule has 0 saturated carbocycles. The molecule has 2 rings (SSSR count). The van der Waals surface area contributed by atoms with E-state index in [0.29, 0.717) is 33.0 Å². The average molecular weight is 415 g/mol. The summed E-state index contributed by atoms with van der Waals surface area (Å²) in [5, 5.41) is 9.84. The molecule has 0 aliphatic carbocycles. The molecule has 2 aromatic heterocycles. The number of nitrogens with one attached hydrogen (secondary N) is 2. The Hall–Kier alpha value is -2.98. The lowest BCUT2D eigenvalue weighted by atomic mass is 10.1. The van der Waals surface area contributed by atoms with Crippen LogP contribution in [0.1, 0.15) is 11.4 Å².